The first-order valence-electron chi connectivity index (χ1n) is 10.3. The molecule has 4 saturated heterocycles. The normalized spacial score (nSPS) is 61.0. The van der Waals surface area contributed by atoms with E-state index in [0.29, 0.717) is 0 Å². The van der Waals surface area contributed by atoms with E-state index in [4.69, 9.17) is 18.9 Å². The second kappa shape index (κ2) is 4.91. The van der Waals surface area contributed by atoms with Gasteiger partial charge >= 0.3 is 17.9 Å². The van der Waals surface area contributed by atoms with Crippen molar-refractivity contribution in [1.29, 1.82) is 0 Å². The molecule has 4 aliphatic heterocycles. The molecule has 0 amide bonds. The third-order valence-electron chi connectivity index (χ3n) is 8.95. The fourth-order valence-electron chi connectivity index (χ4n) is 8.27. The Kier molecular flexibility index (Phi) is 3.15. The van der Waals surface area contributed by atoms with Crippen molar-refractivity contribution < 1.29 is 53.8 Å². The maximum Gasteiger partial charge on any atom is 0.343 e. The van der Waals surface area contributed by atoms with Gasteiger partial charge in [-0.2, -0.15) is 0 Å². The van der Waals surface area contributed by atoms with Gasteiger partial charge in [0, 0.05) is 5.92 Å². The van der Waals surface area contributed by atoms with Crippen LogP contribution in [0.1, 0.15) is 27.7 Å². The highest BCUT2D eigenvalue weighted by Gasteiger charge is 3.05. The SMILES string of the molecule is C[C@H]1C(=O)O[C@@H]2[C@@H](O)C34[C@H]5OC(=O)[C@@]3(OC3OC(=O)[C@@H](O)[C@]34[C@@H](C(C)(C)C)[C@@H]5O)[C@@]21O. The summed E-state index contributed by atoms with van der Waals surface area (Å²) in [6.07, 6.45) is -9.69. The lowest BCUT2D eigenvalue weighted by Gasteiger charge is -2.47. The quantitative estimate of drug-likeness (QED) is 0.234. The number of esters is 3. The Bertz CT molecular complexity index is 957. The molecule has 0 aromatic heterocycles. The lowest BCUT2D eigenvalue weighted by Crippen LogP contribution is -2.67. The van der Waals surface area contributed by atoms with Crippen LogP contribution in [0, 0.1) is 28.1 Å². The Morgan fingerprint density at radius 3 is 2.19 bits per heavy atom. The lowest BCUT2D eigenvalue weighted by atomic mass is 9.51. The van der Waals surface area contributed by atoms with E-state index >= 15 is 0 Å². The van der Waals surface area contributed by atoms with Crippen molar-refractivity contribution in [3.8, 4) is 0 Å². The summed E-state index contributed by atoms with van der Waals surface area (Å²) in [6, 6.07) is 0. The maximum absolute atomic E-state index is 13.4. The van der Waals surface area contributed by atoms with Crippen LogP contribution in [-0.2, 0) is 33.3 Å². The Morgan fingerprint density at radius 1 is 0.935 bits per heavy atom. The third kappa shape index (κ3) is 1.43. The molecule has 11 nitrogen and oxygen atoms in total. The molecule has 6 rings (SSSR count). The smallest absolute Gasteiger partial charge is 0.343 e. The van der Waals surface area contributed by atoms with E-state index < -0.39 is 94.0 Å². The van der Waals surface area contributed by atoms with Gasteiger partial charge in [0.15, 0.2) is 17.8 Å². The van der Waals surface area contributed by atoms with Crippen molar-refractivity contribution in [3.63, 3.8) is 0 Å². The first kappa shape index (κ1) is 19.9. The highest BCUT2D eigenvalue weighted by molar-refractivity contribution is 5.94. The molecule has 170 valence electrons. The number of fused-ring (bicyclic) bond motifs is 1. The summed E-state index contributed by atoms with van der Waals surface area (Å²) in [5.74, 6) is -5.22. The highest BCUT2D eigenvalue weighted by Crippen LogP contribution is 2.84. The molecule has 11 heteroatoms. The van der Waals surface area contributed by atoms with Gasteiger partial charge in [0.25, 0.3) is 0 Å². The van der Waals surface area contributed by atoms with Gasteiger partial charge < -0.3 is 39.4 Å². The molecule has 4 N–H and O–H groups in total. The standard InChI is InChI=1S/C20H24O11/c1-5-12(24)28-11-8(22)18-10-6(21)7(16(2,3)4)17(18)9(23)13(25)30-15(17)31-20(18,14(26)29-10)19(5,11)27/h5-11,15,21-23,27H,1-4H3/t5-,6-,7+,8+,9+,10-,11+,15?,17+,18?,19-,20-/m0/s1. The second-order valence-corrected chi connectivity index (χ2v) is 10.8. The molecule has 2 aliphatic carbocycles. The number of hydrogen-bond acceptors (Lipinski definition) is 11. The summed E-state index contributed by atoms with van der Waals surface area (Å²) in [5.41, 5.74) is -9.40. The van der Waals surface area contributed by atoms with E-state index in [1.54, 1.807) is 20.8 Å². The van der Waals surface area contributed by atoms with E-state index in [-0.39, 0.29) is 0 Å². The van der Waals surface area contributed by atoms with Gasteiger partial charge in [-0.3, -0.25) is 4.79 Å². The Balaban J connectivity index is 1.75. The van der Waals surface area contributed by atoms with E-state index in [0.717, 1.165) is 0 Å². The summed E-state index contributed by atoms with van der Waals surface area (Å²) in [7, 11) is 0. The fraction of sp³-hybridized carbons (Fsp3) is 0.850. The molecular formula is C20H24O11. The topological polar surface area (TPSA) is 169 Å². The molecule has 6 fully saturated rings. The summed E-state index contributed by atoms with van der Waals surface area (Å²) in [6.45, 7) is 6.63. The van der Waals surface area contributed by atoms with Crippen molar-refractivity contribution in [3.05, 3.63) is 0 Å². The number of aliphatic hydroxyl groups is 4. The van der Waals surface area contributed by atoms with Crippen molar-refractivity contribution in [2.75, 3.05) is 0 Å². The Morgan fingerprint density at radius 2 is 1.58 bits per heavy atom. The minimum Gasteiger partial charge on any atom is -0.456 e. The van der Waals surface area contributed by atoms with Crippen LogP contribution in [0.15, 0.2) is 0 Å². The Labute approximate surface area is 176 Å². The van der Waals surface area contributed by atoms with Crippen LogP contribution in [0.5, 0.6) is 0 Å². The van der Waals surface area contributed by atoms with Crippen LogP contribution in [-0.4, -0.2) is 86.3 Å². The number of aliphatic hydroxyl groups excluding tert-OH is 3. The number of carbonyl (C=O) groups excluding carboxylic acids is 3. The molecule has 0 radical (unpaired) electrons. The van der Waals surface area contributed by atoms with Crippen LogP contribution in [0.25, 0.3) is 0 Å². The summed E-state index contributed by atoms with van der Waals surface area (Å²) >= 11 is 0. The van der Waals surface area contributed by atoms with Gasteiger partial charge in [-0.1, -0.05) is 20.8 Å². The lowest BCUT2D eigenvalue weighted by molar-refractivity contribution is -0.240. The predicted molar refractivity (Wildman–Crippen MR) is 93.4 cm³/mol. The first-order valence-corrected chi connectivity index (χ1v) is 10.3. The first-order chi connectivity index (χ1) is 14.3. The number of ether oxygens (including phenoxy) is 4. The molecule has 0 aromatic carbocycles. The summed E-state index contributed by atoms with van der Waals surface area (Å²) < 4.78 is 22.2. The largest absolute Gasteiger partial charge is 0.456 e. The van der Waals surface area contributed by atoms with Crippen LogP contribution >= 0.6 is 0 Å². The Hall–Kier alpha value is -1.79. The zero-order valence-corrected chi connectivity index (χ0v) is 17.3. The minimum atomic E-state index is -2.40. The van der Waals surface area contributed by atoms with Crippen molar-refractivity contribution in [2.24, 2.45) is 28.1 Å². The van der Waals surface area contributed by atoms with Crippen LogP contribution in [0.4, 0.5) is 0 Å². The molecule has 2 spiro atoms. The average molecular weight is 440 g/mol. The van der Waals surface area contributed by atoms with Crippen molar-refractivity contribution in [2.45, 2.75) is 75.7 Å². The van der Waals surface area contributed by atoms with E-state index in [9.17, 15) is 34.8 Å². The zero-order valence-electron chi connectivity index (χ0n) is 17.3. The minimum absolute atomic E-state index is 0.792. The number of hydrogen-bond donors (Lipinski definition) is 4. The zero-order chi connectivity index (χ0) is 22.7. The third-order valence-corrected chi connectivity index (χ3v) is 8.95. The predicted octanol–water partition coefficient (Wildman–Crippen LogP) is -2.40. The molecule has 6 aliphatic rings. The van der Waals surface area contributed by atoms with Gasteiger partial charge in [0.1, 0.15) is 12.2 Å². The molecule has 31 heavy (non-hydrogen) atoms. The van der Waals surface area contributed by atoms with E-state index in [2.05, 4.69) is 0 Å². The van der Waals surface area contributed by atoms with Crippen LogP contribution in [0.3, 0.4) is 0 Å². The van der Waals surface area contributed by atoms with E-state index in [1.165, 1.54) is 6.92 Å². The molecule has 4 heterocycles. The fourth-order valence-corrected chi connectivity index (χ4v) is 8.27. The maximum atomic E-state index is 13.4. The van der Waals surface area contributed by atoms with Gasteiger partial charge in [-0.05, 0) is 12.3 Å². The monoisotopic (exact) mass is 440 g/mol. The van der Waals surface area contributed by atoms with E-state index in [1.807, 2.05) is 0 Å². The van der Waals surface area contributed by atoms with Crippen LogP contribution < -0.4 is 0 Å². The van der Waals surface area contributed by atoms with Gasteiger partial charge in [-0.15, -0.1) is 0 Å². The molecule has 0 bridgehead atoms. The molecule has 2 unspecified atom stereocenters. The molecule has 12 atom stereocenters. The van der Waals surface area contributed by atoms with Crippen molar-refractivity contribution in [1.82, 2.24) is 0 Å². The summed E-state index contributed by atoms with van der Waals surface area (Å²) in [4.78, 5) is 38.3. The molecule has 2 saturated carbocycles. The molecular weight excluding hydrogens is 416 g/mol. The van der Waals surface area contributed by atoms with Gasteiger partial charge in [0.05, 0.1) is 22.9 Å². The average Bonchev–Trinajstić information content (AvgIpc) is 3.35. The van der Waals surface area contributed by atoms with Crippen LogP contribution in [0.2, 0.25) is 0 Å². The highest BCUT2D eigenvalue weighted by atomic mass is 16.8. The van der Waals surface area contributed by atoms with Crippen molar-refractivity contribution >= 4 is 17.9 Å². The number of rotatable bonds is 0. The van der Waals surface area contributed by atoms with Gasteiger partial charge in [0.2, 0.25) is 11.9 Å². The van der Waals surface area contributed by atoms with Gasteiger partial charge in [-0.25, -0.2) is 9.59 Å². The second-order valence-electron chi connectivity index (χ2n) is 10.8. The molecule has 0 aromatic rings. The summed E-state index contributed by atoms with van der Waals surface area (Å²) in [5, 5.41) is 46.1. The number of carbonyl (C=O) groups is 3.